The first-order chi connectivity index (χ1) is 11.5. The van der Waals surface area contributed by atoms with Crippen LogP contribution in [0.4, 0.5) is 5.69 Å². The molecule has 8 heteroatoms. The maximum atomic E-state index is 12.0. The van der Waals surface area contributed by atoms with Gasteiger partial charge in [-0.3, -0.25) is 14.9 Å². The molecule has 132 valence electrons. The van der Waals surface area contributed by atoms with Gasteiger partial charge in [-0.25, -0.2) is 0 Å². The molecular weight excluding hydrogens is 330 g/mol. The lowest BCUT2D eigenvalue weighted by Gasteiger charge is -2.26. The molecule has 0 unspecified atom stereocenters. The van der Waals surface area contributed by atoms with Crippen molar-refractivity contribution in [2.45, 2.75) is 43.5 Å². The summed E-state index contributed by atoms with van der Waals surface area (Å²) in [6, 6.07) is 5.34. The maximum absolute atomic E-state index is 12.0. The lowest BCUT2D eigenvalue weighted by atomic mass is 9.92. The third-order valence-corrected chi connectivity index (χ3v) is 5.08. The molecule has 7 nitrogen and oxygen atoms in total. The van der Waals surface area contributed by atoms with Gasteiger partial charge in [0.15, 0.2) is 5.75 Å². The predicted molar refractivity (Wildman–Crippen MR) is 94.2 cm³/mol. The fourth-order valence-corrected chi connectivity index (χ4v) is 3.55. The molecule has 1 amide bonds. The lowest BCUT2D eigenvalue weighted by Crippen LogP contribution is -2.41. The van der Waals surface area contributed by atoms with Crippen molar-refractivity contribution in [2.75, 3.05) is 12.9 Å². The maximum Gasteiger partial charge on any atom is 0.311 e. The zero-order chi connectivity index (χ0) is 17.5. The molecule has 1 fully saturated rings. The van der Waals surface area contributed by atoms with Crippen LogP contribution in [-0.2, 0) is 10.5 Å². The Kier molecular flexibility index (Phi) is 6.86. The van der Waals surface area contributed by atoms with Gasteiger partial charge in [-0.1, -0.05) is 6.07 Å². The van der Waals surface area contributed by atoms with Gasteiger partial charge in [0.2, 0.25) is 5.91 Å². The van der Waals surface area contributed by atoms with E-state index in [1.807, 2.05) is 0 Å². The van der Waals surface area contributed by atoms with E-state index in [4.69, 9.17) is 10.5 Å². The fraction of sp³-hybridized carbons (Fsp3) is 0.562. The van der Waals surface area contributed by atoms with Crippen LogP contribution in [-0.4, -0.2) is 35.8 Å². The Labute approximate surface area is 145 Å². The number of hydrogen-bond acceptors (Lipinski definition) is 6. The van der Waals surface area contributed by atoms with Crippen molar-refractivity contribution in [1.29, 1.82) is 0 Å². The van der Waals surface area contributed by atoms with Gasteiger partial charge in [0, 0.05) is 23.9 Å². The number of nitrogens with two attached hydrogens (primary N) is 1. The van der Waals surface area contributed by atoms with E-state index >= 15 is 0 Å². The summed E-state index contributed by atoms with van der Waals surface area (Å²) in [5.41, 5.74) is 6.59. The number of carbonyl (C=O) groups is 1. The minimum absolute atomic E-state index is 0.00322. The fourth-order valence-electron chi connectivity index (χ4n) is 2.76. The van der Waals surface area contributed by atoms with Crippen LogP contribution in [0.15, 0.2) is 18.2 Å². The molecule has 1 saturated carbocycles. The average Bonchev–Trinajstić information content (AvgIpc) is 2.56. The molecule has 0 aromatic heterocycles. The number of amides is 1. The average molecular weight is 353 g/mol. The monoisotopic (exact) mass is 353 g/mol. The van der Waals surface area contributed by atoms with Crippen LogP contribution < -0.4 is 15.8 Å². The van der Waals surface area contributed by atoms with Crippen molar-refractivity contribution in [2.24, 2.45) is 5.73 Å². The van der Waals surface area contributed by atoms with Gasteiger partial charge in [-0.2, -0.15) is 0 Å². The molecule has 0 spiro atoms. The number of thioether (sulfide) groups is 1. The van der Waals surface area contributed by atoms with Crippen molar-refractivity contribution < 1.29 is 14.5 Å². The van der Waals surface area contributed by atoms with Gasteiger partial charge >= 0.3 is 5.69 Å². The summed E-state index contributed by atoms with van der Waals surface area (Å²) in [4.78, 5) is 22.5. The summed E-state index contributed by atoms with van der Waals surface area (Å²) in [6.45, 7) is 0. The molecule has 0 aliphatic heterocycles. The summed E-state index contributed by atoms with van der Waals surface area (Å²) >= 11 is 1.44. The molecule has 0 atom stereocenters. The third-order valence-electron chi connectivity index (χ3n) is 4.08. The van der Waals surface area contributed by atoms with E-state index in [9.17, 15) is 14.9 Å². The molecule has 1 aromatic carbocycles. The standard InChI is InChI=1S/C16H23N3O4S/c1-23-15-7-2-11(8-14(15)19(21)22)9-24-10-16(20)18-13-5-3-12(17)4-6-13/h2,7-8,12-13H,3-6,9-10,17H2,1H3,(H,18,20). The van der Waals surface area contributed by atoms with Gasteiger partial charge in [0.05, 0.1) is 17.8 Å². The molecule has 1 aromatic rings. The zero-order valence-electron chi connectivity index (χ0n) is 13.7. The Morgan fingerprint density at radius 2 is 2.12 bits per heavy atom. The van der Waals surface area contributed by atoms with Crippen molar-refractivity contribution in [3.63, 3.8) is 0 Å². The number of ether oxygens (including phenoxy) is 1. The van der Waals surface area contributed by atoms with Gasteiger partial charge in [0.25, 0.3) is 0 Å². The quantitative estimate of drug-likeness (QED) is 0.575. The Morgan fingerprint density at radius 3 is 2.75 bits per heavy atom. The molecule has 1 aliphatic rings. The number of nitrogens with one attached hydrogen (secondary N) is 1. The van der Waals surface area contributed by atoms with E-state index in [0.717, 1.165) is 31.2 Å². The van der Waals surface area contributed by atoms with E-state index in [1.165, 1.54) is 24.9 Å². The predicted octanol–water partition coefficient (Wildman–Crippen LogP) is 2.22. The van der Waals surface area contributed by atoms with Crippen LogP contribution in [0.3, 0.4) is 0 Å². The van der Waals surface area contributed by atoms with Gasteiger partial charge in [-0.15, -0.1) is 11.8 Å². The molecule has 24 heavy (non-hydrogen) atoms. The third kappa shape index (κ3) is 5.38. The van der Waals surface area contributed by atoms with Crippen molar-refractivity contribution in [1.82, 2.24) is 5.32 Å². The molecular formula is C16H23N3O4S. The Hall–Kier alpha value is -1.80. The number of carbonyl (C=O) groups excluding carboxylic acids is 1. The van der Waals surface area contributed by atoms with Crippen LogP contribution >= 0.6 is 11.8 Å². The summed E-state index contributed by atoms with van der Waals surface area (Å²) in [5.74, 6) is 1.11. The van der Waals surface area contributed by atoms with Crippen molar-refractivity contribution in [3.8, 4) is 5.75 Å². The largest absolute Gasteiger partial charge is 0.490 e. The molecule has 0 radical (unpaired) electrons. The van der Waals surface area contributed by atoms with Crippen LogP contribution in [0.2, 0.25) is 0 Å². The van der Waals surface area contributed by atoms with Crippen LogP contribution in [0.25, 0.3) is 0 Å². The van der Waals surface area contributed by atoms with Crippen LogP contribution in [0.1, 0.15) is 31.2 Å². The second kappa shape index (κ2) is 8.89. The highest BCUT2D eigenvalue weighted by Gasteiger charge is 2.20. The van der Waals surface area contributed by atoms with E-state index in [2.05, 4.69) is 5.32 Å². The van der Waals surface area contributed by atoms with Gasteiger partial charge in [0.1, 0.15) is 0 Å². The smallest absolute Gasteiger partial charge is 0.311 e. The number of nitro benzene ring substituents is 1. The topological polar surface area (TPSA) is 107 Å². The number of rotatable bonds is 7. The summed E-state index contributed by atoms with van der Waals surface area (Å²) in [7, 11) is 1.40. The second-order valence-corrected chi connectivity index (χ2v) is 6.92. The zero-order valence-corrected chi connectivity index (χ0v) is 14.5. The molecule has 0 heterocycles. The minimum atomic E-state index is -0.465. The first-order valence-electron chi connectivity index (χ1n) is 7.93. The van der Waals surface area contributed by atoms with E-state index in [1.54, 1.807) is 12.1 Å². The Bertz CT molecular complexity index is 589. The van der Waals surface area contributed by atoms with Gasteiger partial charge < -0.3 is 15.8 Å². The number of hydrogen-bond donors (Lipinski definition) is 2. The van der Waals surface area contributed by atoms with Gasteiger partial charge in [-0.05, 0) is 37.3 Å². The van der Waals surface area contributed by atoms with Crippen LogP contribution in [0, 0.1) is 10.1 Å². The minimum Gasteiger partial charge on any atom is -0.490 e. The first-order valence-corrected chi connectivity index (χ1v) is 9.09. The molecule has 1 aliphatic carbocycles. The summed E-state index contributed by atoms with van der Waals surface area (Å²) in [5, 5.41) is 14.0. The second-order valence-electron chi connectivity index (χ2n) is 5.94. The number of benzene rings is 1. The number of nitrogens with zero attached hydrogens (tertiary/aromatic N) is 1. The van der Waals surface area contributed by atoms with E-state index in [0.29, 0.717) is 11.5 Å². The van der Waals surface area contributed by atoms with Crippen molar-refractivity contribution >= 4 is 23.4 Å². The normalized spacial score (nSPS) is 20.4. The number of methoxy groups -OCH3 is 1. The molecule has 0 saturated heterocycles. The SMILES string of the molecule is COc1ccc(CSCC(=O)NC2CCC(N)CC2)cc1[N+](=O)[O-]. The van der Waals surface area contributed by atoms with Crippen molar-refractivity contribution in [3.05, 3.63) is 33.9 Å². The van der Waals surface area contributed by atoms with E-state index < -0.39 is 4.92 Å². The lowest BCUT2D eigenvalue weighted by molar-refractivity contribution is -0.385. The summed E-state index contributed by atoms with van der Waals surface area (Å²) < 4.78 is 4.97. The molecule has 0 bridgehead atoms. The Balaban J connectivity index is 1.78. The molecule has 3 N–H and O–H groups in total. The van der Waals surface area contributed by atoms with E-state index in [-0.39, 0.29) is 29.4 Å². The summed E-state index contributed by atoms with van der Waals surface area (Å²) in [6.07, 6.45) is 3.77. The Morgan fingerprint density at radius 1 is 1.42 bits per heavy atom. The highest BCUT2D eigenvalue weighted by Crippen LogP contribution is 2.29. The number of nitro groups is 1. The van der Waals surface area contributed by atoms with Crippen LogP contribution in [0.5, 0.6) is 5.75 Å². The first kappa shape index (κ1) is 18.5. The molecule has 2 rings (SSSR count). The highest BCUT2D eigenvalue weighted by molar-refractivity contribution is 7.99. The highest BCUT2D eigenvalue weighted by atomic mass is 32.2.